The summed E-state index contributed by atoms with van der Waals surface area (Å²) in [4.78, 5) is 10.6. The van der Waals surface area contributed by atoms with Crippen molar-refractivity contribution >= 4 is 21.5 Å². The highest BCUT2D eigenvalue weighted by atomic mass is 14.9. The molecule has 2 nitrogen and oxygen atoms in total. The Kier molecular flexibility index (Phi) is 7.96. The molecule has 2 heteroatoms. The third-order valence-corrected chi connectivity index (χ3v) is 13.9. The number of aromatic nitrogens is 2. The van der Waals surface area contributed by atoms with E-state index in [0.29, 0.717) is 0 Å². The highest BCUT2D eigenvalue weighted by molar-refractivity contribution is 5.99. The van der Waals surface area contributed by atoms with Crippen molar-refractivity contribution in [2.45, 2.75) is 38.5 Å². The molecular weight excluding hydrogens is 749 g/mol. The molecule has 0 saturated heterocycles. The van der Waals surface area contributed by atoms with Gasteiger partial charge in [-0.05, 0) is 125 Å². The van der Waals surface area contributed by atoms with E-state index in [1.807, 2.05) is 6.07 Å². The van der Waals surface area contributed by atoms with Gasteiger partial charge in [0.05, 0.1) is 11.4 Å². The Labute approximate surface area is 363 Å². The molecular formula is C60H44N2. The van der Waals surface area contributed by atoms with Gasteiger partial charge in [0.1, 0.15) is 0 Å². The van der Waals surface area contributed by atoms with Crippen molar-refractivity contribution < 1.29 is 0 Å². The Morgan fingerprint density at radius 2 is 0.823 bits per heavy atom. The molecule has 0 amide bonds. The van der Waals surface area contributed by atoms with E-state index in [9.17, 15) is 0 Å². The van der Waals surface area contributed by atoms with Crippen LogP contribution in [0.2, 0.25) is 0 Å². The smallest absolute Gasteiger partial charge is 0.160 e. The summed E-state index contributed by atoms with van der Waals surface area (Å²) in [5, 5.41) is 4.88. The zero-order chi connectivity index (χ0) is 41.7. The number of fused-ring (bicyclic) bond motifs is 8. The maximum absolute atomic E-state index is 5.33. The van der Waals surface area contributed by atoms with Gasteiger partial charge in [-0.25, -0.2) is 9.97 Å². The molecule has 10 aromatic rings. The maximum atomic E-state index is 5.33. The van der Waals surface area contributed by atoms with Crippen molar-refractivity contribution in [1.29, 1.82) is 0 Å². The Bertz CT molecular complexity index is 3460. The lowest BCUT2D eigenvalue weighted by molar-refractivity contribution is 0.660. The van der Waals surface area contributed by atoms with Gasteiger partial charge in [0, 0.05) is 27.5 Å². The fraction of sp³-hybridized carbons (Fsp3) is 0.100. The first-order valence-electron chi connectivity index (χ1n) is 21.7. The summed E-state index contributed by atoms with van der Waals surface area (Å²) >= 11 is 0. The first-order chi connectivity index (χ1) is 30.2. The van der Waals surface area contributed by atoms with E-state index in [4.69, 9.17) is 9.97 Å². The van der Waals surface area contributed by atoms with Crippen LogP contribution in [0.15, 0.2) is 194 Å². The van der Waals surface area contributed by atoms with Crippen molar-refractivity contribution in [3.8, 4) is 78.4 Å². The second-order valence-corrected chi connectivity index (χ2v) is 18.2. The second kappa shape index (κ2) is 13.5. The molecule has 0 aliphatic heterocycles. The van der Waals surface area contributed by atoms with Crippen LogP contribution in [0, 0.1) is 0 Å². The van der Waals surface area contributed by atoms with E-state index in [2.05, 4.69) is 216 Å². The summed E-state index contributed by atoms with van der Waals surface area (Å²) in [6, 6.07) is 71.1. The van der Waals surface area contributed by atoms with Crippen LogP contribution in [0.3, 0.4) is 0 Å². The number of rotatable bonds is 5. The van der Waals surface area contributed by atoms with E-state index < -0.39 is 0 Å². The molecule has 294 valence electrons. The van der Waals surface area contributed by atoms with Crippen LogP contribution in [0.4, 0.5) is 0 Å². The van der Waals surface area contributed by atoms with Crippen LogP contribution in [-0.4, -0.2) is 9.97 Å². The van der Waals surface area contributed by atoms with Gasteiger partial charge in [0.2, 0.25) is 0 Å². The lowest BCUT2D eigenvalue weighted by atomic mass is 9.81. The predicted molar refractivity (Wildman–Crippen MR) is 259 cm³/mol. The first kappa shape index (κ1) is 36.4. The van der Waals surface area contributed by atoms with Crippen LogP contribution in [0.1, 0.15) is 49.9 Å². The lowest BCUT2D eigenvalue weighted by Gasteiger charge is -2.22. The third-order valence-electron chi connectivity index (χ3n) is 13.9. The van der Waals surface area contributed by atoms with Crippen molar-refractivity contribution in [3.05, 3.63) is 216 Å². The number of hydrogen-bond donors (Lipinski definition) is 0. The molecule has 0 spiro atoms. The van der Waals surface area contributed by atoms with Gasteiger partial charge in [-0.3, -0.25) is 0 Å². The maximum Gasteiger partial charge on any atom is 0.160 e. The van der Waals surface area contributed by atoms with Crippen molar-refractivity contribution in [2.75, 3.05) is 0 Å². The summed E-state index contributed by atoms with van der Waals surface area (Å²) in [6.45, 7) is 9.38. The molecule has 12 rings (SSSR count). The molecule has 9 aromatic carbocycles. The zero-order valence-corrected chi connectivity index (χ0v) is 35.4. The van der Waals surface area contributed by atoms with Crippen LogP contribution in [0.5, 0.6) is 0 Å². The Balaban J connectivity index is 0.957. The number of nitrogens with zero attached hydrogens (tertiary/aromatic N) is 2. The predicted octanol–water partition coefficient (Wildman–Crippen LogP) is 15.7. The molecule has 2 aliphatic rings. The largest absolute Gasteiger partial charge is 0.228 e. The van der Waals surface area contributed by atoms with Gasteiger partial charge in [0.25, 0.3) is 0 Å². The van der Waals surface area contributed by atoms with E-state index in [1.165, 1.54) is 88.3 Å². The van der Waals surface area contributed by atoms with Gasteiger partial charge < -0.3 is 0 Å². The molecule has 1 heterocycles. The van der Waals surface area contributed by atoms with Crippen LogP contribution in [0.25, 0.3) is 100.0 Å². The van der Waals surface area contributed by atoms with Gasteiger partial charge in [-0.2, -0.15) is 0 Å². The Morgan fingerprint density at radius 1 is 0.290 bits per heavy atom. The molecule has 1 aromatic heterocycles. The summed E-state index contributed by atoms with van der Waals surface area (Å²) in [5.74, 6) is 0.720. The van der Waals surface area contributed by atoms with E-state index in [0.717, 1.165) is 33.9 Å². The Hall–Kier alpha value is -7.42. The van der Waals surface area contributed by atoms with Crippen molar-refractivity contribution in [3.63, 3.8) is 0 Å². The van der Waals surface area contributed by atoms with Crippen molar-refractivity contribution in [1.82, 2.24) is 9.97 Å². The molecule has 2 aliphatic carbocycles. The minimum Gasteiger partial charge on any atom is -0.228 e. The summed E-state index contributed by atoms with van der Waals surface area (Å²) in [6.07, 6.45) is 0. The zero-order valence-electron chi connectivity index (χ0n) is 35.4. The third kappa shape index (κ3) is 5.56. The van der Waals surface area contributed by atoms with Crippen molar-refractivity contribution in [2.24, 2.45) is 0 Å². The van der Waals surface area contributed by atoms with Gasteiger partial charge in [-0.15, -0.1) is 0 Å². The molecule has 0 N–H and O–H groups in total. The van der Waals surface area contributed by atoms with Gasteiger partial charge in [-0.1, -0.05) is 185 Å². The van der Waals surface area contributed by atoms with E-state index >= 15 is 0 Å². The topological polar surface area (TPSA) is 25.8 Å². The van der Waals surface area contributed by atoms with Crippen LogP contribution in [-0.2, 0) is 10.8 Å². The number of benzene rings is 9. The van der Waals surface area contributed by atoms with E-state index in [1.54, 1.807) is 0 Å². The average molecular weight is 793 g/mol. The molecule has 0 saturated carbocycles. The minimum atomic E-state index is -0.148. The van der Waals surface area contributed by atoms with Crippen LogP contribution < -0.4 is 0 Å². The molecule has 62 heavy (non-hydrogen) atoms. The van der Waals surface area contributed by atoms with Gasteiger partial charge in [0.15, 0.2) is 5.82 Å². The quantitative estimate of drug-likeness (QED) is 0.173. The first-order valence-corrected chi connectivity index (χ1v) is 21.7. The molecule has 0 atom stereocenters. The van der Waals surface area contributed by atoms with E-state index in [-0.39, 0.29) is 10.8 Å². The van der Waals surface area contributed by atoms with Gasteiger partial charge >= 0.3 is 0 Å². The fourth-order valence-corrected chi connectivity index (χ4v) is 10.6. The SMILES string of the molecule is CC1(C)c2ccccc2-c2cc(-c3ccccc3-c3ccc4cc(-c5cc(-c6cccc7c6-c6cc8ccccc8cc6C7(C)C)nc(-c6ccccc6)n5)ccc4c3)ccc21. The standard InChI is InChI=1S/C60H44N2/c1-59(2)51-23-13-12-21-47(51)49-34-43(29-30-52(49)59)46-20-11-10-19-45(46)42-27-25-41-32-44(28-26-40(41)31-42)55-36-56(62-58(61-55)37-15-6-5-7-16-37)48-22-14-24-53-57(48)50-33-38-17-8-9-18-39(38)35-54(50)60(53,3)4/h5-36H,1-4H3. The minimum absolute atomic E-state index is 0.0155. The highest BCUT2D eigenvalue weighted by Gasteiger charge is 2.38. The Morgan fingerprint density at radius 3 is 1.60 bits per heavy atom. The second-order valence-electron chi connectivity index (χ2n) is 18.2. The summed E-state index contributed by atoms with van der Waals surface area (Å²) < 4.78 is 0. The summed E-state index contributed by atoms with van der Waals surface area (Å²) in [7, 11) is 0. The molecule has 0 unspecified atom stereocenters. The summed E-state index contributed by atoms with van der Waals surface area (Å²) in [5.41, 5.74) is 20.5. The monoisotopic (exact) mass is 792 g/mol. The van der Waals surface area contributed by atoms with Crippen LogP contribution >= 0.6 is 0 Å². The fourth-order valence-electron chi connectivity index (χ4n) is 10.6. The molecule has 0 bridgehead atoms. The average Bonchev–Trinajstić information content (AvgIpc) is 3.69. The highest BCUT2D eigenvalue weighted by Crippen LogP contribution is 2.54. The molecule has 0 radical (unpaired) electrons. The normalized spacial score (nSPS) is 14.1. The number of hydrogen-bond acceptors (Lipinski definition) is 2. The lowest BCUT2D eigenvalue weighted by Crippen LogP contribution is -2.14. The molecule has 0 fully saturated rings.